The Morgan fingerprint density at radius 3 is 0.606 bits per heavy atom. The Balaban J connectivity index is 4.03. The van der Waals surface area contributed by atoms with Gasteiger partial charge in [-0.3, -0.25) is 14.4 Å². The molecule has 0 N–H and O–H groups in total. The molecule has 0 saturated heterocycles. The predicted molar refractivity (Wildman–Crippen MR) is 284 cm³/mol. The topological polar surface area (TPSA) is 78.9 Å². The summed E-state index contributed by atoms with van der Waals surface area (Å²) in [5, 5.41) is 0. The second kappa shape index (κ2) is 56.0. The van der Waals surface area contributed by atoms with Crippen molar-refractivity contribution in [1.82, 2.24) is 0 Å². The first-order valence-electron chi connectivity index (χ1n) is 30.0. The minimum absolute atomic E-state index is 0.0616. The summed E-state index contributed by atoms with van der Waals surface area (Å²) in [6, 6.07) is 0. The van der Waals surface area contributed by atoms with E-state index in [2.05, 4.69) is 20.8 Å². The Kier molecular flexibility index (Phi) is 54.7. The lowest BCUT2D eigenvalue weighted by Crippen LogP contribution is -2.30. The van der Waals surface area contributed by atoms with E-state index >= 15 is 0 Å². The van der Waals surface area contributed by atoms with Crippen molar-refractivity contribution >= 4 is 17.9 Å². The van der Waals surface area contributed by atoms with E-state index in [0.29, 0.717) is 19.3 Å². The van der Waals surface area contributed by atoms with E-state index in [0.717, 1.165) is 57.8 Å². The van der Waals surface area contributed by atoms with Crippen molar-refractivity contribution in [2.45, 2.75) is 354 Å². The monoisotopic (exact) mass is 933 g/mol. The molecule has 0 fully saturated rings. The van der Waals surface area contributed by atoms with E-state index < -0.39 is 6.10 Å². The van der Waals surface area contributed by atoms with Gasteiger partial charge in [0, 0.05) is 19.3 Å². The summed E-state index contributed by atoms with van der Waals surface area (Å²) in [6.07, 6.45) is 62.7. The van der Waals surface area contributed by atoms with Crippen LogP contribution in [0.3, 0.4) is 0 Å². The molecule has 0 rings (SSSR count). The second-order valence-corrected chi connectivity index (χ2v) is 20.6. The average Bonchev–Trinajstić information content (AvgIpc) is 3.31. The highest BCUT2D eigenvalue weighted by molar-refractivity contribution is 5.71. The van der Waals surface area contributed by atoms with Crippen molar-refractivity contribution in [1.29, 1.82) is 0 Å². The Labute approximate surface area is 412 Å². The SMILES string of the molecule is CCCCCCCCCCCCCCCCCCCCCCCCCCCCCC(=O)OCC(COC(=O)CCCCCCCCCCCC)OC(=O)CCCCCCCCCCCCC. The molecule has 0 aromatic rings. The van der Waals surface area contributed by atoms with Gasteiger partial charge in [-0.05, 0) is 19.3 Å². The molecule has 0 aromatic heterocycles. The fourth-order valence-corrected chi connectivity index (χ4v) is 9.33. The quantitative estimate of drug-likeness (QED) is 0.0343. The Morgan fingerprint density at radius 1 is 0.242 bits per heavy atom. The zero-order chi connectivity index (χ0) is 47.9. The van der Waals surface area contributed by atoms with Crippen molar-refractivity contribution in [3.8, 4) is 0 Å². The first-order valence-corrected chi connectivity index (χ1v) is 30.0. The Bertz CT molecular complexity index is 982. The molecule has 392 valence electrons. The molecule has 0 aliphatic rings. The van der Waals surface area contributed by atoms with Crippen LogP contribution in [0.2, 0.25) is 0 Å². The number of esters is 3. The number of hydrogen-bond acceptors (Lipinski definition) is 6. The fourth-order valence-electron chi connectivity index (χ4n) is 9.33. The van der Waals surface area contributed by atoms with Crippen molar-refractivity contribution < 1.29 is 28.6 Å². The van der Waals surface area contributed by atoms with Crippen LogP contribution >= 0.6 is 0 Å². The van der Waals surface area contributed by atoms with Crippen LogP contribution in [0, 0.1) is 0 Å². The van der Waals surface area contributed by atoms with Gasteiger partial charge in [0.1, 0.15) is 13.2 Å². The van der Waals surface area contributed by atoms with E-state index in [-0.39, 0.29) is 31.1 Å². The maximum absolute atomic E-state index is 12.8. The standard InChI is InChI=1S/C60H116O6/c1-4-7-10-13-16-19-22-23-24-25-26-27-28-29-30-31-32-33-34-35-36-37-39-41-44-47-50-53-59(62)65-56-57(55-64-58(61)52-49-46-43-40-21-18-15-12-9-6-3)66-60(63)54-51-48-45-42-38-20-17-14-11-8-5-2/h57H,4-56H2,1-3H3. The van der Waals surface area contributed by atoms with Crippen LogP contribution in [0.4, 0.5) is 0 Å². The van der Waals surface area contributed by atoms with E-state index in [1.54, 1.807) is 0 Å². The van der Waals surface area contributed by atoms with Gasteiger partial charge in [-0.15, -0.1) is 0 Å². The number of unbranched alkanes of at least 4 members (excludes halogenated alkanes) is 45. The van der Waals surface area contributed by atoms with Gasteiger partial charge in [0.15, 0.2) is 6.10 Å². The van der Waals surface area contributed by atoms with Crippen molar-refractivity contribution in [3.63, 3.8) is 0 Å². The normalized spacial score (nSPS) is 11.9. The van der Waals surface area contributed by atoms with E-state index in [9.17, 15) is 14.4 Å². The van der Waals surface area contributed by atoms with Gasteiger partial charge in [0.2, 0.25) is 0 Å². The highest BCUT2D eigenvalue weighted by atomic mass is 16.6. The van der Waals surface area contributed by atoms with Crippen LogP contribution in [0.15, 0.2) is 0 Å². The minimum atomic E-state index is -0.760. The number of carbonyl (C=O) groups is 3. The molecule has 0 bridgehead atoms. The lowest BCUT2D eigenvalue weighted by Gasteiger charge is -2.18. The molecule has 0 aliphatic carbocycles. The molecule has 6 nitrogen and oxygen atoms in total. The molecule has 0 heterocycles. The summed E-state index contributed by atoms with van der Waals surface area (Å²) in [4.78, 5) is 38.0. The molecular weight excluding hydrogens is 817 g/mol. The van der Waals surface area contributed by atoms with Gasteiger partial charge in [-0.25, -0.2) is 0 Å². The summed E-state index contributed by atoms with van der Waals surface area (Å²) in [7, 11) is 0. The van der Waals surface area contributed by atoms with Crippen molar-refractivity contribution in [2.24, 2.45) is 0 Å². The predicted octanol–water partition coefficient (Wildman–Crippen LogP) is 19.9. The first kappa shape index (κ1) is 64.4. The maximum Gasteiger partial charge on any atom is 0.306 e. The third-order valence-electron chi connectivity index (χ3n) is 13.9. The van der Waals surface area contributed by atoms with Gasteiger partial charge in [-0.2, -0.15) is 0 Å². The molecule has 0 aromatic carbocycles. The molecule has 0 saturated carbocycles. The first-order chi connectivity index (χ1) is 32.5. The van der Waals surface area contributed by atoms with Crippen LogP contribution in [0.1, 0.15) is 348 Å². The maximum atomic E-state index is 12.8. The Hall–Kier alpha value is -1.59. The largest absolute Gasteiger partial charge is 0.462 e. The van der Waals surface area contributed by atoms with Crippen molar-refractivity contribution in [3.05, 3.63) is 0 Å². The average molecular weight is 934 g/mol. The number of hydrogen-bond donors (Lipinski definition) is 0. The van der Waals surface area contributed by atoms with Crippen LogP contribution in [-0.4, -0.2) is 37.2 Å². The van der Waals surface area contributed by atoms with Gasteiger partial charge in [-0.1, -0.05) is 310 Å². The molecule has 0 amide bonds. The molecule has 1 unspecified atom stereocenters. The highest BCUT2D eigenvalue weighted by Gasteiger charge is 2.19. The Morgan fingerprint density at radius 2 is 0.409 bits per heavy atom. The van der Waals surface area contributed by atoms with Crippen LogP contribution in [-0.2, 0) is 28.6 Å². The van der Waals surface area contributed by atoms with Gasteiger partial charge >= 0.3 is 17.9 Å². The van der Waals surface area contributed by atoms with Gasteiger partial charge in [0.05, 0.1) is 0 Å². The van der Waals surface area contributed by atoms with E-state index in [1.807, 2.05) is 0 Å². The summed E-state index contributed by atoms with van der Waals surface area (Å²) < 4.78 is 16.8. The van der Waals surface area contributed by atoms with Crippen LogP contribution < -0.4 is 0 Å². The smallest absolute Gasteiger partial charge is 0.306 e. The fraction of sp³-hybridized carbons (Fsp3) is 0.950. The van der Waals surface area contributed by atoms with Crippen molar-refractivity contribution in [2.75, 3.05) is 13.2 Å². The lowest BCUT2D eigenvalue weighted by atomic mass is 10.0. The molecule has 0 spiro atoms. The highest BCUT2D eigenvalue weighted by Crippen LogP contribution is 2.18. The van der Waals surface area contributed by atoms with Crippen LogP contribution in [0.5, 0.6) is 0 Å². The zero-order valence-electron chi connectivity index (χ0n) is 45.0. The summed E-state index contributed by atoms with van der Waals surface area (Å²) in [5.74, 6) is -0.839. The zero-order valence-corrected chi connectivity index (χ0v) is 45.0. The third-order valence-corrected chi connectivity index (χ3v) is 13.9. The lowest BCUT2D eigenvalue weighted by molar-refractivity contribution is -0.167. The van der Waals surface area contributed by atoms with Gasteiger partial charge in [0.25, 0.3) is 0 Å². The van der Waals surface area contributed by atoms with E-state index in [4.69, 9.17) is 14.2 Å². The van der Waals surface area contributed by atoms with Crippen LogP contribution in [0.25, 0.3) is 0 Å². The number of carbonyl (C=O) groups excluding carboxylic acids is 3. The molecule has 0 radical (unpaired) electrons. The summed E-state index contributed by atoms with van der Waals surface area (Å²) in [5.41, 5.74) is 0. The third kappa shape index (κ3) is 53.4. The number of ether oxygens (including phenoxy) is 3. The summed E-state index contributed by atoms with van der Waals surface area (Å²) >= 11 is 0. The second-order valence-electron chi connectivity index (χ2n) is 20.6. The molecule has 66 heavy (non-hydrogen) atoms. The van der Waals surface area contributed by atoms with Gasteiger partial charge < -0.3 is 14.2 Å². The molecule has 1 atom stereocenters. The van der Waals surface area contributed by atoms with E-state index in [1.165, 1.54) is 250 Å². The minimum Gasteiger partial charge on any atom is -0.462 e. The molecular formula is C60H116O6. The summed E-state index contributed by atoms with van der Waals surface area (Å²) in [6.45, 7) is 6.68. The number of rotatable bonds is 56. The molecule has 0 aliphatic heterocycles. The molecule has 6 heteroatoms.